The Hall–Kier alpha value is -3.98. The number of amides is 1. The summed E-state index contributed by atoms with van der Waals surface area (Å²) < 4.78 is 48.3. The number of carbonyl (C=O) groups excluding carboxylic acids is 1. The topological polar surface area (TPSA) is 137 Å². The van der Waals surface area contributed by atoms with E-state index in [1.165, 1.54) is 6.07 Å². The van der Waals surface area contributed by atoms with Crippen LogP contribution in [0.1, 0.15) is 11.1 Å². The predicted molar refractivity (Wildman–Crippen MR) is 105 cm³/mol. The van der Waals surface area contributed by atoms with Crippen molar-refractivity contribution >= 4 is 29.0 Å². The minimum absolute atomic E-state index is 0.246. The molecule has 0 radical (unpaired) electrons. The van der Waals surface area contributed by atoms with Gasteiger partial charge in [0.05, 0.1) is 17.6 Å². The van der Waals surface area contributed by atoms with E-state index in [9.17, 15) is 43.6 Å². The van der Waals surface area contributed by atoms with Crippen LogP contribution < -0.4 is 4.74 Å². The number of aliphatic hydroxyl groups excluding tert-OH is 1. The lowest BCUT2D eigenvalue weighted by Gasteiger charge is -2.28. The number of aliphatic hydroxyl groups is 1. The summed E-state index contributed by atoms with van der Waals surface area (Å²) >= 11 is 5.62. The highest BCUT2D eigenvalue weighted by Gasteiger charge is 2.44. The molecule has 1 amide bonds. The normalized spacial score (nSPS) is 11.9. The van der Waals surface area contributed by atoms with Crippen LogP contribution in [0.25, 0.3) is 5.76 Å². The number of hydrogen-bond donors (Lipinski definition) is 2. The van der Waals surface area contributed by atoms with E-state index in [1.54, 1.807) is 0 Å². The second-order valence-electron chi connectivity index (χ2n) is 6.17. The van der Waals surface area contributed by atoms with Crippen molar-refractivity contribution in [2.24, 2.45) is 0 Å². The van der Waals surface area contributed by atoms with Crippen LogP contribution in [0.4, 0.5) is 18.9 Å². The first-order chi connectivity index (χ1) is 14.9. The van der Waals surface area contributed by atoms with E-state index in [0.29, 0.717) is 25.2 Å². The molecule has 0 unspecified atom stereocenters. The number of ether oxygens (including phenoxy) is 1. The van der Waals surface area contributed by atoms with Crippen molar-refractivity contribution in [2.75, 3.05) is 14.2 Å². The van der Waals surface area contributed by atoms with Crippen LogP contribution in [0.15, 0.2) is 35.9 Å². The Morgan fingerprint density at radius 2 is 1.97 bits per heavy atom. The fourth-order valence-electron chi connectivity index (χ4n) is 2.57. The van der Waals surface area contributed by atoms with Crippen LogP contribution in [0.2, 0.25) is 5.02 Å². The summed E-state index contributed by atoms with van der Waals surface area (Å²) in [5.74, 6) is -5.73. The molecule has 0 atom stereocenters. The predicted octanol–water partition coefficient (Wildman–Crippen LogP) is 4.10. The number of benzene rings is 2. The lowest BCUT2D eigenvalue weighted by Crippen LogP contribution is -2.42. The standard InChI is InChI=1S/C19H13ClF3N3O6/c1-25(19(22,23)12-7-10(20)3-4-13(12)21)18(29)11(8-24)16(27)9-5-14(26(30)31)17(28)15(6-9)32-2/h3-7,27-28H,1-2H3/b16-11-. The Bertz CT molecular complexity index is 1180. The fourth-order valence-corrected chi connectivity index (χ4v) is 2.75. The van der Waals surface area contributed by atoms with Crippen LogP contribution in [-0.2, 0) is 10.8 Å². The van der Waals surface area contributed by atoms with Crippen molar-refractivity contribution in [3.8, 4) is 17.6 Å². The van der Waals surface area contributed by atoms with Gasteiger partial charge in [-0.25, -0.2) is 4.39 Å². The number of halogens is 4. The second-order valence-corrected chi connectivity index (χ2v) is 6.60. The third-order valence-corrected chi connectivity index (χ3v) is 4.52. The molecule has 0 aliphatic carbocycles. The minimum Gasteiger partial charge on any atom is -0.506 e. The first kappa shape index (κ1) is 24.3. The number of carbonyl (C=O) groups is 1. The molecule has 2 rings (SSSR count). The number of phenolic OH excluding ortho intramolecular Hbond substituents is 1. The summed E-state index contributed by atoms with van der Waals surface area (Å²) in [5, 5.41) is 40.3. The highest BCUT2D eigenvalue weighted by molar-refractivity contribution is 6.30. The van der Waals surface area contributed by atoms with Gasteiger partial charge in [-0.1, -0.05) is 11.6 Å². The first-order valence-corrected chi connectivity index (χ1v) is 8.75. The van der Waals surface area contributed by atoms with Crippen molar-refractivity contribution in [1.82, 2.24) is 4.90 Å². The van der Waals surface area contributed by atoms with E-state index in [-0.39, 0.29) is 9.92 Å². The van der Waals surface area contributed by atoms with Gasteiger partial charge in [0.15, 0.2) is 11.3 Å². The number of phenols is 1. The third kappa shape index (κ3) is 4.37. The highest BCUT2D eigenvalue weighted by Crippen LogP contribution is 2.40. The molecule has 0 aliphatic heterocycles. The van der Waals surface area contributed by atoms with Gasteiger partial charge in [0.2, 0.25) is 5.75 Å². The zero-order valence-electron chi connectivity index (χ0n) is 16.3. The molecule has 0 fully saturated rings. The van der Waals surface area contributed by atoms with Gasteiger partial charge in [0, 0.05) is 23.7 Å². The second kappa shape index (κ2) is 9.03. The van der Waals surface area contributed by atoms with Crippen LogP contribution in [-0.4, -0.2) is 40.1 Å². The molecule has 2 aromatic carbocycles. The molecule has 2 aromatic rings. The summed E-state index contributed by atoms with van der Waals surface area (Å²) in [6, 6.07) is 0.648. The van der Waals surface area contributed by atoms with Crippen LogP contribution in [0.3, 0.4) is 0 Å². The van der Waals surface area contributed by atoms with E-state index in [0.717, 1.165) is 19.2 Å². The van der Waals surface area contributed by atoms with Crippen LogP contribution in [0, 0.1) is 27.3 Å². The molecule has 0 heterocycles. The number of rotatable bonds is 6. The van der Waals surface area contributed by atoms with Crippen molar-refractivity contribution in [3.05, 3.63) is 68.0 Å². The van der Waals surface area contributed by atoms with Crippen molar-refractivity contribution < 1.29 is 37.8 Å². The Kier molecular flexibility index (Phi) is 6.85. The number of nitrogens with zero attached hydrogens (tertiary/aromatic N) is 3. The molecule has 13 heteroatoms. The van der Waals surface area contributed by atoms with Crippen molar-refractivity contribution in [2.45, 2.75) is 6.05 Å². The summed E-state index contributed by atoms with van der Waals surface area (Å²) in [5.41, 5.74) is -4.01. The van der Waals surface area contributed by atoms with Gasteiger partial charge in [0.25, 0.3) is 5.91 Å². The number of nitro groups is 1. The molecular formula is C19H13ClF3N3O6. The maximum absolute atomic E-state index is 14.8. The molecule has 0 aromatic heterocycles. The van der Waals surface area contributed by atoms with Gasteiger partial charge in [-0.3, -0.25) is 19.8 Å². The number of nitriles is 1. The summed E-state index contributed by atoms with van der Waals surface area (Å²) in [4.78, 5) is 22.3. The molecule has 32 heavy (non-hydrogen) atoms. The first-order valence-electron chi connectivity index (χ1n) is 8.37. The number of nitro benzene ring substituents is 1. The molecule has 168 valence electrons. The molecule has 0 aliphatic rings. The minimum atomic E-state index is -4.30. The quantitative estimate of drug-likeness (QED) is 0.161. The fraction of sp³-hybridized carbons (Fsp3) is 0.158. The summed E-state index contributed by atoms with van der Waals surface area (Å²) in [7, 11) is 1.58. The zero-order valence-corrected chi connectivity index (χ0v) is 17.0. The largest absolute Gasteiger partial charge is 0.506 e. The molecule has 0 spiro atoms. The third-order valence-electron chi connectivity index (χ3n) is 4.29. The van der Waals surface area contributed by atoms with Gasteiger partial charge in [-0.2, -0.15) is 14.0 Å². The van der Waals surface area contributed by atoms with Gasteiger partial charge in [0.1, 0.15) is 17.6 Å². The number of alkyl halides is 2. The average Bonchev–Trinajstić information content (AvgIpc) is 2.74. The van der Waals surface area contributed by atoms with Crippen molar-refractivity contribution in [1.29, 1.82) is 5.26 Å². The molecule has 0 saturated carbocycles. The van der Waals surface area contributed by atoms with Crippen LogP contribution >= 0.6 is 11.6 Å². The van der Waals surface area contributed by atoms with Crippen molar-refractivity contribution in [3.63, 3.8) is 0 Å². The SMILES string of the molecule is COc1cc(/C(O)=C(\C#N)C(=O)N(C)C(F)(F)c2cc(Cl)ccc2F)cc([N+](=O)[O-])c1O. The highest BCUT2D eigenvalue weighted by atomic mass is 35.5. The maximum Gasteiger partial charge on any atom is 0.357 e. The number of aromatic hydroxyl groups is 1. The average molecular weight is 472 g/mol. The number of methoxy groups -OCH3 is 1. The Morgan fingerprint density at radius 1 is 1.34 bits per heavy atom. The Morgan fingerprint density at radius 3 is 2.50 bits per heavy atom. The Labute approximate surface area is 183 Å². The van der Waals surface area contributed by atoms with Gasteiger partial charge < -0.3 is 14.9 Å². The monoisotopic (exact) mass is 471 g/mol. The van der Waals surface area contributed by atoms with Gasteiger partial charge >= 0.3 is 11.7 Å². The van der Waals surface area contributed by atoms with Crippen LogP contribution in [0.5, 0.6) is 11.5 Å². The lowest BCUT2D eigenvalue weighted by atomic mass is 10.1. The maximum atomic E-state index is 14.8. The van der Waals surface area contributed by atoms with E-state index >= 15 is 0 Å². The summed E-state index contributed by atoms with van der Waals surface area (Å²) in [6.07, 6.45) is 0. The number of likely N-dealkylation sites (N-methyl/N-ethyl adjacent to an activating group) is 1. The van der Waals surface area contributed by atoms with E-state index in [1.807, 2.05) is 0 Å². The lowest BCUT2D eigenvalue weighted by molar-refractivity contribution is -0.386. The molecular weight excluding hydrogens is 459 g/mol. The number of hydrogen-bond acceptors (Lipinski definition) is 7. The van der Waals surface area contributed by atoms with Gasteiger partial charge in [-0.15, -0.1) is 0 Å². The Balaban J connectivity index is 2.61. The van der Waals surface area contributed by atoms with E-state index < -0.39 is 62.3 Å². The molecule has 0 bridgehead atoms. The molecule has 0 saturated heterocycles. The molecule has 9 nitrogen and oxygen atoms in total. The van der Waals surface area contributed by atoms with Gasteiger partial charge in [-0.05, 0) is 24.3 Å². The zero-order chi connectivity index (χ0) is 24.4. The van der Waals surface area contributed by atoms with E-state index in [2.05, 4.69) is 0 Å². The summed E-state index contributed by atoms with van der Waals surface area (Å²) in [6.45, 7) is 0. The molecule has 2 N–H and O–H groups in total. The van der Waals surface area contributed by atoms with E-state index in [4.69, 9.17) is 16.3 Å². The smallest absolute Gasteiger partial charge is 0.357 e.